The number of thiophene rings is 1. The molecular weight excluding hydrogens is 198 g/mol. The third-order valence-corrected chi connectivity index (χ3v) is 3.86. The van der Waals surface area contributed by atoms with Crippen molar-refractivity contribution in [3.63, 3.8) is 0 Å². The first-order valence-corrected chi connectivity index (χ1v) is 5.11. The average molecular weight is 205 g/mol. The van der Waals surface area contributed by atoms with Crippen molar-refractivity contribution < 1.29 is 0 Å². The van der Waals surface area contributed by atoms with Crippen LogP contribution in [0.2, 0.25) is 0 Å². The van der Waals surface area contributed by atoms with Gasteiger partial charge < -0.3 is 0 Å². The zero-order valence-electron chi connectivity index (χ0n) is 7.03. The van der Waals surface area contributed by atoms with Gasteiger partial charge in [0.2, 0.25) is 0 Å². The Morgan fingerprint density at radius 2 is 2.23 bits per heavy atom. The van der Waals surface area contributed by atoms with Crippen molar-refractivity contribution in [3.8, 4) is 6.07 Å². The molecule has 1 aromatic heterocycles. The van der Waals surface area contributed by atoms with E-state index in [-0.39, 0.29) is 0 Å². The molecule has 0 bridgehead atoms. The number of benzene rings is 1. The van der Waals surface area contributed by atoms with Gasteiger partial charge >= 0.3 is 0 Å². The molecule has 2 aromatic rings. The van der Waals surface area contributed by atoms with Gasteiger partial charge in [-0.3, -0.25) is 0 Å². The van der Waals surface area contributed by atoms with Crippen LogP contribution >= 0.6 is 24.0 Å². The first kappa shape index (κ1) is 8.61. The third kappa shape index (κ3) is 1.23. The molecule has 0 N–H and O–H groups in total. The minimum atomic E-state index is 0.742. The predicted molar refractivity (Wildman–Crippen MR) is 58.5 cm³/mol. The van der Waals surface area contributed by atoms with Gasteiger partial charge in [-0.15, -0.1) is 24.0 Å². The molecule has 2 rings (SSSR count). The topological polar surface area (TPSA) is 23.8 Å². The largest absolute Gasteiger partial charge is 0.192 e. The maximum absolute atomic E-state index is 8.87. The number of hydrogen-bond donors (Lipinski definition) is 1. The van der Waals surface area contributed by atoms with Gasteiger partial charge in [-0.2, -0.15) is 5.26 Å². The maximum atomic E-state index is 8.87. The summed E-state index contributed by atoms with van der Waals surface area (Å²) in [5.41, 5.74) is 0.742. The van der Waals surface area contributed by atoms with Crippen LogP contribution < -0.4 is 0 Å². The standard InChI is InChI=1S/C10H7NS2/c1-6-9(12)8-4-2-3-7(5-11)10(8)13-6/h2-4,12H,1H3. The van der Waals surface area contributed by atoms with Crippen molar-refractivity contribution in [3.05, 3.63) is 28.6 Å². The lowest BCUT2D eigenvalue weighted by Gasteiger charge is -1.91. The molecule has 0 saturated heterocycles. The molecule has 0 saturated carbocycles. The summed E-state index contributed by atoms with van der Waals surface area (Å²) in [7, 11) is 0. The molecule has 0 spiro atoms. The Bertz CT molecular complexity index is 505. The quantitative estimate of drug-likeness (QED) is 0.655. The van der Waals surface area contributed by atoms with E-state index in [0.29, 0.717) is 0 Å². The molecule has 1 aromatic carbocycles. The number of nitrogens with zero attached hydrogens (tertiary/aromatic N) is 1. The molecule has 3 heteroatoms. The molecule has 1 nitrogen and oxygen atoms in total. The normalized spacial score (nSPS) is 10.2. The minimum Gasteiger partial charge on any atom is -0.192 e. The number of thiol groups is 1. The van der Waals surface area contributed by atoms with Gasteiger partial charge in [-0.25, -0.2) is 0 Å². The number of fused-ring (bicyclic) bond motifs is 1. The maximum Gasteiger partial charge on any atom is 0.101 e. The Kier molecular flexibility index (Phi) is 2.03. The lowest BCUT2D eigenvalue weighted by atomic mass is 10.2. The summed E-state index contributed by atoms with van der Waals surface area (Å²) < 4.78 is 1.05. The van der Waals surface area contributed by atoms with E-state index in [1.807, 2.05) is 25.1 Å². The van der Waals surface area contributed by atoms with Crippen LogP contribution in [-0.4, -0.2) is 0 Å². The molecule has 64 valence electrons. The van der Waals surface area contributed by atoms with E-state index in [1.54, 1.807) is 11.3 Å². The molecule has 0 radical (unpaired) electrons. The summed E-state index contributed by atoms with van der Waals surface area (Å²) in [6.07, 6.45) is 0. The van der Waals surface area contributed by atoms with Gasteiger partial charge in [-0.1, -0.05) is 12.1 Å². The van der Waals surface area contributed by atoms with Crippen LogP contribution in [0.3, 0.4) is 0 Å². The minimum absolute atomic E-state index is 0.742. The lowest BCUT2D eigenvalue weighted by Crippen LogP contribution is -1.72. The van der Waals surface area contributed by atoms with E-state index < -0.39 is 0 Å². The Morgan fingerprint density at radius 1 is 1.46 bits per heavy atom. The van der Waals surface area contributed by atoms with Gasteiger partial charge in [0.1, 0.15) is 6.07 Å². The average Bonchev–Trinajstić information content (AvgIpc) is 2.43. The number of aryl methyl sites for hydroxylation is 1. The number of hydrogen-bond acceptors (Lipinski definition) is 3. The van der Waals surface area contributed by atoms with Crippen molar-refractivity contribution >= 4 is 34.1 Å². The monoisotopic (exact) mass is 205 g/mol. The van der Waals surface area contributed by atoms with Crippen molar-refractivity contribution in [2.75, 3.05) is 0 Å². The van der Waals surface area contributed by atoms with E-state index in [2.05, 4.69) is 18.7 Å². The van der Waals surface area contributed by atoms with Crippen molar-refractivity contribution in [1.29, 1.82) is 5.26 Å². The van der Waals surface area contributed by atoms with E-state index in [4.69, 9.17) is 5.26 Å². The molecule has 0 unspecified atom stereocenters. The van der Waals surface area contributed by atoms with Gasteiger partial charge in [0.05, 0.1) is 10.3 Å². The molecule has 0 atom stereocenters. The second-order valence-electron chi connectivity index (χ2n) is 2.80. The van der Waals surface area contributed by atoms with Crippen LogP contribution in [0.4, 0.5) is 0 Å². The summed E-state index contributed by atoms with van der Waals surface area (Å²) in [4.78, 5) is 2.16. The smallest absolute Gasteiger partial charge is 0.101 e. The molecule has 0 amide bonds. The molecule has 1 heterocycles. The van der Waals surface area contributed by atoms with E-state index in [9.17, 15) is 0 Å². The Hall–Kier alpha value is -0.980. The van der Waals surface area contributed by atoms with Crippen molar-refractivity contribution in [1.82, 2.24) is 0 Å². The van der Waals surface area contributed by atoms with Crippen LogP contribution in [0.15, 0.2) is 23.1 Å². The fraction of sp³-hybridized carbons (Fsp3) is 0.100. The lowest BCUT2D eigenvalue weighted by molar-refractivity contribution is 1.47. The molecule has 0 aliphatic heterocycles. The fourth-order valence-corrected chi connectivity index (χ4v) is 2.73. The highest BCUT2D eigenvalue weighted by Gasteiger charge is 2.08. The van der Waals surface area contributed by atoms with Crippen LogP contribution in [0.5, 0.6) is 0 Å². The van der Waals surface area contributed by atoms with Gasteiger partial charge in [0, 0.05) is 15.2 Å². The van der Waals surface area contributed by atoms with E-state index in [1.165, 1.54) is 4.88 Å². The first-order chi connectivity index (χ1) is 6.24. The number of nitriles is 1. The van der Waals surface area contributed by atoms with Crippen molar-refractivity contribution in [2.24, 2.45) is 0 Å². The van der Waals surface area contributed by atoms with Crippen LogP contribution in [0.25, 0.3) is 10.1 Å². The van der Waals surface area contributed by atoms with Gasteiger partial charge in [0.25, 0.3) is 0 Å². The summed E-state index contributed by atoms with van der Waals surface area (Å²) in [6.45, 7) is 2.02. The van der Waals surface area contributed by atoms with Crippen LogP contribution in [-0.2, 0) is 0 Å². The SMILES string of the molecule is Cc1sc2c(C#N)cccc2c1S. The summed E-state index contributed by atoms with van der Waals surface area (Å²) in [5.74, 6) is 0. The van der Waals surface area contributed by atoms with Gasteiger partial charge in [0.15, 0.2) is 0 Å². The Labute approximate surface area is 86.0 Å². The fourth-order valence-electron chi connectivity index (χ4n) is 1.31. The Balaban J connectivity index is 2.95. The van der Waals surface area contributed by atoms with E-state index in [0.717, 1.165) is 20.5 Å². The second-order valence-corrected chi connectivity index (χ2v) is 4.47. The molecule has 0 fully saturated rings. The Morgan fingerprint density at radius 3 is 2.92 bits per heavy atom. The predicted octanol–water partition coefficient (Wildman–Crippen LogP) is 3.37. The molecular formula is C10H7NS2. The zero-order valence-corrected chi connectivity index (χ0v) is 8.75. The van der Waals surface area contributed by atoms with Crippen LogP contribution in [0.1, 0.15) is 10.4 Å². The van der Waals surface area contributed by atoms with Gasteiger partial charge in [-0.05, 0) is 13.0 Å². The second kappa shape index (κ2) is 3.06. The summed E-state index contributed by atoms with van der Waals surface area (Å²) in [6, 6.07) is 7.92. The summed E-state index contributed by atoms with van der Waals surface area (Å²) >= 11 is 6.03. The van der Waals surface area contributed by atoms with E-state index >= 15 is 0 Å². The highest BCUT2D eigenvalue weighted by Crippen LogP contribution is 2.34. The van der Waals surface area contributed by atoms with Crippen LogP contribution in [0, 0.1) is 18.3 Å². The highest BCUT2D eigenvalue weighted by atomic mass is 32.1. The first-order valence-electron chi connectivity index (χ1n) is 3.85. The molecule has 0 aliphatic carbocycles. The highest BCUT2D eigenvalue weighted by molar-refractivity contribution is 7.80. The number of rotatable bonds is 0. The van der Waals surface area contributed by atoms with Crippen molar-refractivity contribution in [2.45, 2.75) is 11.8 Å². The third-order valence-electron chi connectivity index (χ3n) is 1.98. The molecule has 0 aliphatic rings. The summed E-state index contributed by atoms with van der Waals surface area (Å²) in [5, 5.41) is 9.96. The molecule has 13 heavy (non-hydrogen) atoms. The zero-order chi connectivity index (χ0) is 9.42.